The van der Waals surface area contributed by atoms with E-state index in [1.54, 1.807) is 30.3 Å². The van der Waals surface area contributed by atoms with Gasteiger partial charge in [0.1, 0.15) is 0 Å². The van der Waals surface area contributed by atoms with Gasteiger partial charge >= 0.3 is 0 Å². The lowest BCUT2D eigenvalue weighted by molar-refractivity contribution is 0.0990. The van der Waals surface area contributed by atoms with E-state index in [1.807, 2.05) is 12.1 Å². The maximum atomic E-state index is 12.6. The molecule has 0 atom stereocenters. The number of hydrogen-bond acceptors (Lipinski definition) is 3. The highest BCUT2D eigenvalue weighted by molar-refractivity contribution is 6.41. The van der Waals surface area contributed by atoms with Gasteiger partial charge in [0, 0.05) is 29.0 Å². The molecule has 0 N–H and O–H groups in total. The first-order valence-electron chi connectivity index (χ1n) is 9.58. The maximum Gasteiger partial charge on any atom is 0.197 e. The van der Waals surface area contributed by atoms with Crippen molar-refractivity contribution in [1.82, 2.24) is 0 Å². The van der Waals surface area contributed by atoms with Crippen molar-refractivity contribution in [3.05, 3.63) is 101 Å². The molecular formula is C25H19NO2. The number of ketones is 2. The van der Waals surface area contributed by atoms with Crippen LogP contribution in [0, 0.1) is 0 Å². The van der Waals surface area contributed by atoms with E-state index in [4.69, 9.17) is 0 Å². The Kier molecular flexibility index (Phi) is 3.94. The molecule has 0 amide bonds. The molecule has 3 aromatic carbocycles. The zero-order chi connectivity index (χ0) is 19.1. The lowest BCUT2D eigenvalue weighted by Crippen LogP contribution is -2.24. The number of anilines is 2. The van der Waals surface area contributed by atoms with Crippen LogP contribution in [0.2, 0.25) is 0 Å². The maximum absolute atomic E-state index is 12.6. The van der Waals surface area contributed by atoms with Crippen molar-refractivity contribution in [2.45, 2.75) is 12.8 Å². The van der Waals surface area contributed by atoms with Gasteiger partial charge in [0.25, 0.3) is 0 Å². The Hall–Kier alpha value is -3.46. The molecule has 1 heterocycles. The Morgan fingerprint density at radius 1 is 0.786 bits per heavy atom. The minimum atomic E-state index is -0.177. The summed E-state index contributed by atoms with van der Waals surface area (Å²) >= 11 is 0. The number of rotatable bonds is 2. The van der Waals surface area contributed by atoms with Gasteiger partial charge in [-0.15, -0.1) is 0 Å². The van der Waals surface area contributed by atoms with E-state index < -0.39 is 0 Å². The van der Waals surface area contributed by atoms with Crippen molar-refractivity contribution in [2.75, 3.05) is 11.4 Å². The summed E-state index contributed by atoms with van der Waals surface area (Å²) in [6.07, 6.45) is 3.81. The lowest BCUT2D eigenvalue weighted by Gasteiger charge is -2.31. The van der Waals surface area contributed by atoms with E-state index in [9.17, 15) is 9.59 Å². The van der Waals surface area contributed by atoms with Gasteiger partial charge in [0.05, 0.1) is 5.57 Å². The normalized spacial score (nSPS) is 15.4. The molecule has 0 saturated heterocycles. The molecule has 0 saturated carbocycles. The number of para-hydroxylation sites is 1. The Balaban J connectivity index is 1.52. The van der Waals surface area contributed by atoms with Crippen LogP contribution in [0.5, 0.6) is 0 Å². The number of fused-ring (bicyclic) bond motifs is 2. The Morgan fingerprint density at radius 3 is 2.18 bits per heavy atom. The van der Waals surface area contributed by atoms with E-state index in [0.29, 0.717) is 11.1 Å². The predicted octanol–water partition coefficient (Wildman–Crippen LogP) is 5.23. The van der Waals surface area contributed by atoms with Crippen LogP contribution in [0.1, 0.15) is 38.3 Å². The molecule has 0 fully saturated rings. The SMILES string of the molecule is O=C1C(=Cc2ccc3c(c2)CCCN3c2ccccc2)C(=O)c2ccccc21. The second-order valence-corrected chi connectivity index (χ2v) is 7.24. The highest BCUT2D eigenvalue weighted by Crippen LogP contribution is 2.35. The molecule has 3 heteroatoms. The van der Waals surface area contributed by atoms with Crippen LogP contribution < -0.4 is 4.90 Å². The minimum Gasteiger partial charge on any atom is -0.341 e. The molecule has 136 valence electrons. The molecule has 5 rings (SSSR count). The molecule has 0 aromatic heterocycles. The van der Waals surface area contributed by atoms with Crippen molar-refractivity contribution < 1.29 is 9.59 Å². The summed E-state index contributed by atoms with van der Waals surface area (Å²) in [5, 5.41) is 0. The van der Waals surface area contributed by atoms with Crippen molar-refractivity contribution in [1.29, 1.82) is 0 Å². The first-order chi connectivity index (χ1) is 13.7. The molecule has 2 aliphatic rings. The number of allylic oxidation sites excluding steroid dienone is 1. The second-order valence-electron chi connectivity index (χ2n) is 7.24. The van der Waals surface area contributed by atoms with E-state index in [1.165, 1.54) is 16.9 Å². The van der Waals surface area contributed by atoms with Crippen LogP contribution in [0.15, 0.2) is 78.4 Å². The van der Waals surface area contributed by atoms with Gasteiger partial charge in [0.15, 0.2) is 11.6 Å². The van der Waals surface area contributed by atoms with Crippen LogP contribution in [-0.4, -0.2) is 18.1 Å². The molecule has 3 nitrogen and oxygen atoms in total. The number of benzene rings is 3. The van der Waals surface area contributed by atoms with E-state index >= 15 is 0 Å². The van der Waals surface area contributed by atoms with E-state index in [-0.39, 0.29) is 17.1 Å². The quantitative estimate of drug-likeness (QED) is 0.461. The van der Waals surface area contributed by atoms with Crippen LogP contribution >= 0.6 is 0 Å². The Labute approximate surface area is 163 Å². The molecule has 1 aliphatic heterocycles. The standard InChI is InChI=1S/C25H19NO2/c27-24-20-10-4-5-11-21(20)25(28)22(24)16-17-12-13-23-18(15-17)7-6-14-26(23)19-8-2-1-3-9-19/h1-5,8-13,15-16H,6-7,14H2. The zero-order valence-corrected chi connectivity index (χ0v) is 15.4. The van der Waals surface area contributed by atoms with Crippen LogP contribution in [0.3, 0.4) is 0 Å². The number of carbonyl (C=O) groups excluding carboxylic acids is 2. The van der Waals surface area contributed by atoms with Crippen LogP contribution in [0.25, 0.3) is 6.08 Å². The number of nitrogens with zero attached hydrogens (tertiary/aromatic N) is 1. The summed E-state index contributed by atoms with van der Waals surface area (Å²) in [5.74, 6) is -0.353. The third-order valence-corrected chi connectivity index (χ3v) is 5.51. The van der Waals surface area contributed by atoms with Crippen molar-refractivity contribution >= 4 is 29.0 Å². The molecule has 0 bridgehead atoms. The Morgan fingerprint density at radius 2 is 1.46 bits per heavy atom. The number of aryl methyl sites for hydroxylation is 1. The summed E-state index contributed by atoms with van der Waals surface area (Å²) in [7, 11) is 0. The van der Waals surface area contributed by atoms with Crippen molar-refractivity contribution in [3.63, 3.8) is 0 Å². The topological polar surface area (TPSA) is 37.4 Å². The summed E-state index contributed by atoms with van der Waals surface area (Å²) in [6.45, 7) is 0.990. The van der Waals surface area contributed by atoms with E-state index in [0.717, 1.165) is 24.9 Å². The summed E-state index contributed by atoms with van der Waals surface area (Å²) in [4.78, 5) is 27.6. The largest absolute Gasteiger partial charge is 0.341 e. The highest BCUT2D eigenvalue weighted by atomic mass is 16.2. The lowest BCUT2D eigenvalue weighted by atomic mass is 9.97. The first-order valence-corrected chi connectivity index (χ1v) is 9.58. The third kappa shape index (κ3) is 2.67. The summed E-state index contributed by atoms with van der Waals surface area (Å²) in [6, 6.07) is 23.6. The fourth-order valence-corrected chi connectivity index (χ4v) is 4.15. The van der Waals surface area contributed by atoms with E-state index in [2.05, 4.69) is 41.3 Å². The fraction of sp³-hybridized carbons (Fsp3) is 0.120. The predicted molar refractivity (Wildman–Crippen MR) is 111 cm³/mol. The van der Waals surface area contributed by atoms with Crippen LogP contribution in [-0.2, 0) is 6.42 Å². The number of Topliss-reactive ketones (excluding diaryl/α,β-unsaturated/α-hetero) is 2. The van der Waals surface area contributed by atoms with Crippen molar-refractivity contribution in [3.8, 4) is 0 Å². The van der Waals surface area contributed by atoms with Crippen molar-refractivity contribution in [2.24, 2.45) is 0 Å². The van der Waals surface area contributed by atoms with Gasteiger partial charge in [0.2, 0.25) is 0 Å². The molecule has 1 aliphatic carbocycles. The molecule has 28 heavy (non-hydrogen) atoms. The molecule has 3 aromatic rings. The fourth-order valence-electron chi connectivity index (χ4n) is 4.15. The second kappa shape index (κ2) is 6.61. The highest BCUT2D eigenvalue weighted by Gasteiger charge is 2.32. The monoisotopic (exact) mass is 365 g/mol. The van der Waals surface area contributed by atoms with Gasteiger partial charge in [-0.25, -0.2) is 0 Å². The third-order valence-electron chi connectivity index (χ3n) is 5.51. The average Bonchev–Trinajstić information content (AvgIpc) is 2.99. The minimum absolute atomic E-state index is 0.177. The summed E-state index contributed by atoms with van der Waals surface area (Å²) in [5.41, 5.74) is 5.81. The molecular weight excluding hydrogens is 346 g/mol. The number of hydrogen-bond donors (Lipinski definition) is 0. The number of carbonyl (C=O) groups is 2. The zero-order valence-electron chi connectivity index (χ0n) is 15.4. The average molecular weight is 365 g/mol. The van der Waals surface area contributed by atoms with Gasteiger partial charge in [-0.1, -0.05) is 48.5 Å². The molecule has 0 unspecified atom stereocenters. The van der Waals surface area contributed by atoms with Gasteiger partial charge in [-0.2, -0.15) is 0 Å². The van der Waals surface area contributed by atoms with Gasteiger partial charge in [-0.05, 0) is 54.3 Å². The first kappa shape index (κ1) is 16.7. The smallest absolute Gasteiger partial charge is 0.197 e. The van der Waals surface area contributed by atoms with Crippen LogP contribution in [0.4, 0.5) is 11.4 Å². The Bertz CT molecular complexity index is 1090. The summed E-state index contributed by atoms with van der Waals surface area (Å²) < 4.78 is 0. The molecule has 0 radical (unpaired) electrons. The molecule has 0 spiro atoms. The van der Waals surface area contributed by atoms with Gasteiger partial charge in [-0.3, -0.25) is 9.59 Å². The van der Waals surface area contributed by atoms with Gasteiger partial charge < -0.3 is 4.90 Å².